The van der Waals surface area contributed by atoms with Crippen molar-refractivity contribution >= 4 is 0 Å². The van der Waals surface area contributed by atoms with Gasteiger partial charge in [-0.15, -0.1) is 0 Å². The van der Waals surface area contributed by atoms with Crippen molar-refractivity contribution in [2.75, 3.05) is 13.2 Å². The van der Waals surface area contributed by atoms with Gasteiger partial charge in [0.25, 0.3) is 0 Å². The molecule has 0 radical (unpaired) electrons. The van der Waals surface area contributed by atoms with Crippen LogP contribution < -0.4 is 11.1 Å². The lowest BCUT2D eigenvalue weighted by Crippen LogP contribution is -2.48. The Morgan fingerprint density at radius 3 is 2.86 bits per heavy atom. The first-order valence-electron chi connectivity index (χ1n) is 5.67. The van der Waals surface area contributed by atoms with Gasteiger partial charge in [-0.1, -0.05) is 0 Å². The van der Waals surface area contributed by atoms with Crippen LogP contribution in [-0.4, -0.2) is 30.8 Å². The van der Waals surface area contributed by atoms with E-state index in [1.165, 1.54) is 0 Å². The number of nitrogens with two attached hydrogens (primary N) is 1. The second-order valence-corrected chi connectivity index (χ2v) is 4.73. The molecule has 3 heteroatoms. The van der Waals surface area contributed by atoms with Crippen molar-refractivity contribution in [1.82, 2.24) is 5.32 Å². The molecule has 0 bridgehead atoms. The molecule has 1 fully saturated rings. The van der Waals surface area contributed by atoms with Crippen molar-refractivity contribution in [2.45, 2.75) is 57.7 Å². The number of hydrogen-bond acceptors (Lipinski definition) is 3. The molecule has 3 atom stereocenters. The first kappa shape index (κ1) is 12.0. The van der Waals surface area contributed by atoms with Crippen molar-refractivity contribution in [3.63, 3.8) is 0 Å². The van der Waals surface area contributed by atoms with E-state index in [1.807, 2.05) is 0 Å². The first-order chi connectivity index (χ1) is 6.54. The van der Waals surface area contributed by atoms with Crippen molar-refractivity contribution in [1.29, 1.82) is 0 Å². The molecule has 84 valence electrons. The Labute approximate surface area is 87.4 Å². The smallest absolute Gasteiger partial charge is 0.0726 e. The molecule has 0 saturated carbocycles. The molecule has 1 saturated heterocycles. The highest BCUT2D eigenvalue weighted by Gasteiger charge is 2.35. The van der Waals surface area contributed by atoms with Gasteiger partial charge in [0.15, 0.2) is 0 Å². The molecule has 1 heterocycles. The average molecular weight is 200 g/mol. The van der Waals surface area contributed by atoms with E-state index >= 15 is 0 Å². The van der Waals surface area contributed by atoms with Crippen molar-refractivity contribution in [2.24, 2.45) is 5.73 Å². The topological polar surface area (TPSA) is 47.3 Å². The van der Waals surface area contributed by atoms with Crippen LogP contribution in [0.25, 0.3) is 0 Å². The second kappa shape index (κ2) is 5.10. The maximum atomic E-state index is 5.69. The summed E-state index contributed by atoms with van der Waals surface area (Å²) < 4.78 is 5.56. The fourth-order valence-corrected chi connectivity index (χ4v) is 1.87. The SMILES string of the molecule is CC(N)CCCNC1(C)CCOC1C. The third-order valence-corrected chi connectivity index (χ3v) is 3.25. The molecule has 0 aromatic heterocycles. The van der Waals surface area contributed by atoms with E-state index in [1.54, 1.807) is 0 Å². The van der Waals surface area contributed by atoms with Crippen molar-refractivity contribution in [3.05, 3.63) is 0 Å². The summed E-state index contributed by atoms with van der Waals surface area (Å²) in [7, 11) is 0. The van der Waals surface area contributed by atoms with Gasteiger partial charge >= 0.3 is 0 Å². The zero-order chi connectivity index (χ0) is 10.6. The number of hydrogen-bond donors (Lipinski definition) is 2. The Morgan fingerprint density at radius 2 is 2.36 bits per heavy atom. The zero-order valence-electron chi connectivity index (χ0n) is 9.68. The highest BCUT2D eigenvalue weighted by molar-refractivity contribution is 4.93. The van der Waals surface area contributed by atoms with E-state index in [2.05, 4.69) is 26.1 Å². The van der Waals surface area contributed by atoms with E-state index in [0.717, 1.165) is 32.4 Å². The molecule has 0 aromatic rings. The summed E-state index contributed by atoms with van der Waals surface area (Å²) in [6, 6.07) is 0.321. The van der Waals surface area contributed by atoms with E-state index in [0.29, 0.717) is 12.1 Å². The molecule has 14 heavy (non-hydrogen) atoms. The van der Waals surface area contributed by atoms with Crippen LogP contribution in [0.15, 0.2) is 0 Å². The predicted octanol–water partition coefficient (Wildman–Crippen LogP) is 1.27. The Balaban J connectivity index is 2.17. The minimum Gasteiger partial charge on any atom is -0.377 e. The van der Waals surface area contributed by atoms with E-state index in [9.17, 15) is 0 Å². The monoisotopic (exact) mass is 200 g/mol. The molecule has 3 N–H and O–H groups in total. The summed E-state index contributed by atoms with van der Waals surface area (Å²) in [5.41, 5.74) is 5.87. The standard InChI is InChI=1S/C11H24N2O/c1-9(12)5-4-7-13-11(3)6-8-14-10(11)2/h9-10,13H,4-8,12H2,1-3H3. The fourth-order valence-electron chi connectivity index (χ4n) is 1.87. The molecule has 3 unspecified atom stereocenters. The van der Waals surface area contributed by atoms with Crippen LogP contribution in [0.4, 0.5) is 0 Å². The minimum absolute atomic E-state index is 0.178. The van der Waals surface area contributed by atoms with E-state index in [4.69, 9.17) is 10.5 Å². The molecular formula is C11H24N2O. The molecule has 1 rings (SSSR count). The number of nitrogens with one attached hydrogen (secondary N) is 1. The molecule has 3 nitrogen and oxygen atoms in total. The van der Waals surface area contributed by atoms with Crippen LogP contribution in [0.2, 0.25) is 0 Å². The highest BCUT2D eigenvalue weighted by atomic mass is 16.5. The third kappa shape index (κ3) is 3.23. The quantitative estimate of drug-likeness (QED) is 0.657. The van der Waals surface area contributed by atoms with Gasteiger partial charge in [0.1, 0.15) is 0 Å². The van der Waals surface area contributed by atoms with Gasteiger partial charge in [-0.3, -0.25) is 0 Å². The molecule has 1 aliphatic rings. The van der Waals surface area contributed by atoms with Gasteiger partial charge in [0.05, 0.1) is 6.10 Å². The Kier molecular flexibility index (Phi) is 4.35. The van der Waals surface area contributed by atoms with Crippen molar-refractivity contribution in [3.8, 4) is 0 Å². The van der Waals surface area contributed by atoms with E-state index < -0.39 is 0 Å². The Bertz CT molecular complexity index is 173. The van der Waals surface area contributed by atoms with Crippen LogP contribution in [0.1, 0.15) is 40.0 Å². The first-order valence-corrected chi connectivity index (χ1v) is 5.67. The summed E-state index contributed by atoms with van der Waals surface area (Å²) in [5, 5.41) is 3.58. The molecule has 1 aliphatic heterocycles. The van der Waals surface area contributed by atoms with Crippen LogP contribution in [0, 0.1) is 0 Å². The highest BCUT2D eigenvalue weighted by Crippen LogP contribution is 2.24. The largest absolute Gasteiger partial charge is 0.377 e. The lowest BCUT2D eigenvalue weighted by molar-refractivity contribution is 0.0886. The maximum Gasteiger partial charge on any atom is 0.0726 e. The van der Waals surface area contributed by atoms with Crippen LogP contribution in [0.3, 0.4) is 0 Å². The molecule has 0 aromatic carbocycles. The second-order valence-electron chi connectivity index (χ2n) is 4.73. The molecule has 0 amide bonds. The van der Waals surface area contributed by atoms with Gasteiger partial charge in [-0.2, -0.15) is 0 Å². The minimum atomic E-state index is 0.178. The van der Waals surface area contributed by atoms with Crippen LogP contribution in [-0.2, 0) is 4.74 Å². The normalized spacial score (nSPS) is 34.7. The van der Waals surface area contributed by atoms with Crippen LogP contribution in [0.5, 0.6) is 0 Å². The lowest BCUT2D eigenvalue weighted by atomic mass is 9.94. The molecule has 0 aliphatic carbocycles. The van der Waals surface area contributed by atoms with Gasteiger partial charge < -0.3 is 15.8 Å². The number of rotatable bonds is 5. The molecular weight excluding hydrogens is 176 g/mol. The van der Waals surface area contributed by atoms with Gasteiger partial charge in [0, 0.05) is 18.2 Å². The van der Waals surface area contributed by atoms with Gasteiger partial charge in [-0.05, 0) is 46.6 Å². The Morgan fingerprint density at radius 1 is 1.64 bits per heavy atom. The summed E-state index contributed by atoms with van der Waals surface area (Å²) in [6.45, 7) is 8.38. The Hall–Kier alpha value is -0.120. The van der Waals surface area contributed by atoms with Crippen molar-refractivity contribution < 1.29 is 4.74 Å². The maximum absolute atomic E-state index is 5.69. The summed E-state index contributed by atoms with van der Waals surface area (Å²) in [4.78, 5) is 0. The number of ether oxygens (including phenoxy) is 1. The van der Waals surface area contributed by atoms with E-state index in [-0.39, 0.29) is 5.54 Å². The summed E-state index contributed by atoms with van der Waals surface area (Å²) in [5.74, 6) is 0. The van der Waals surface area contributed by atoms with Gasteiger partial charge in [0.2, 0.25) is 0 Å². The molecule has 0 spiro atoms. The zero-order valence-corrected chi connectivity index (χ0v) is 9.68. The summed E-state index contributed by atoms with van der Waals surface area (Å²) in [6.07, 6.45) is 3.70. The lowest BCUT2D eigenvalue weighted by Gasteiger charge is -2.29. The van der Waals surface area contributed by atoms with Crippen LogP contribution >= 0.6 is 0 Å². The van der Waals surface area contributed by atoms with Gasteiger partial charge in [-0.25, -0.2) is 0 Å². The summed E-state index contributed by atoms with van der Waals surface area (Å²) >= 11 is 0. The third-order valence-electron chi connectivity index (χ3n) is 3.25. The average Bonchev–Trinajstić information content (AvgIpc) is 2.42. The fraction of sp³-hybridized carbons (Fsp3) is 1.00. The predicted molar refractivity (Wildman–Crippen MR) is 59.3 cm³/mol.